The van der Waals surface area contributed by atoms with E-state index in [2.05, 4.69) is 15.4 Å². The first kappa shape index (κ1) is 16.4. The molecule has 6 nitrogen and oxygen atoms in total. The first-order chi connectivity index (χ1) is 9.97. The molecule has 0 fully saturated rings. The summed E-state index contributed by atoms with van der Waals surface area (Å²) in [6.07, 6.45) is 1.07. The van der Waals surface area contributed by atoms with Gasteiger partial charge in [-0.15, -0.1) is 0 Å². The molecule has 6 heteroatoms. The van der Waals surface area contributed by atoms with Crippen LogP contribution in [0.4, 0.5) is 5.69 Å². The number of esters is 1. The van der Waals surface area contributed by atoms with Crippen molar-refractivity contribution < 1.29 is 19.1 Å². The number of rotatable bonds is 6. The monoisotopic (exact) mass is 290 g/mol. The Hall–Kier alpha value is -2.63. The van der Waals surface area contributed by atoms with Crippen molar-refractivity contribution in [2.45, 2.75) is 13.8 Å². The third-order valence-electron chi connectivity index (χ3n) is 2.62. The van der Waals surface area contributed by atoms with Crippen molar-refractivity contribution in [2.24, 2.45) is 0 Å². The minimum Gasteiger partial charge on any atom is -0.466 e. The highest BCUT2D eigenvalue weighted by Gasteiger charge is 2.11. The van der Waals surface area contributed by atoms with Crippen LogP contribution in [0.3, 0.4) is 0 Å². The summed E-state index contributed by atoms with van der Waals surface area (Å²) in [5.74, 6) is -1.10. The van der Waals surface area contributed by atoms with Crippen molar-refractivity contribution in [3.05, 3.63) is 41.6 Å². The van der Waals surface area contributed by atoms with Gasteiger partial charge >= 0.3 is 5.97 Å². The van der Waals surface area contributed by atoms with Gasteiger partial charge in [0, 0.05) is 17.8 Å². The predicted molar refractivity (Wildman–Crippen MR) is 78.9 cm³/mol. The van der Waals surface area contributed by atoms with Gasteiger partial charge in [0.25, 0.3) is 5.91 Å². The number of nitrogens with one attached hydrogen (secondary N) is 2. The van der Waals surface area contributed by atoms with Gasteiger partial charge in [-0.25, -0.2) is 4.79 Å². The van der Waals surface area contributed by atoms with E-state index in [1.807, 2.05) is 0 Å². The standard InChI is InChI=1S/C15H18N2O4/c1-4-16-15(20)13(9-14(19)21-3)17-12-7-5-11(6-8-12)10(2)18/h5-9,17H,4H2,1-3H3,(H,16,20)/b13-9-. The number of likely N-dealkylation sites (N-methyl/N-ethyl adjacent to an activating group) is 1. The van der Waals surface area contributed by atoms with Crippen LogP contribution in [0.1, 0.15) is 24.2 Å². The topological polar surface area (TPSA) is 84.5 Å². The van der Waals surface area contributed by atoms with Crippen LogP contribution in [0.25, 0.3) is 0 Å². The molecule has 1 aromatic rings. The molecule has 1 amide bonds. The third kappa shape index (κ3) is 5.10. The Balaban J connectivity index is 2.95. The van der Waals surface area contributed by atoms with Crippen LogP contribution in [-0.2, 0) is 14.3 Å². The first-order valence-corrected chi connectivity index (χ1v) is 6.43. The Morgan fingerprint density at radius 3 is 2.29 bits per heavy atom. The maximum Gasteiger partial charge on any atom is 0.332 e. The summed E-state index contributed by atoms with van der Waals surface area (Å²) < 4.78 is 4.52. The van der Waals surface area contributed by atoms with Crippen LogP contribution in [0.15, 0.2) is 36.0 Å². The van der Waals surface area contributed by atoms with Crippen molar-refractivity contribution in [3.63, 3.8) is 0 Å². The molecular weight excluding hydrogens is 272 g/mol. The second-order valence-electron chi connectivity index (χ2n) is 4.20. The molecule has 0 spiro atoms. The Labute approximate surface area is 123 Å². The number of Topliss-reactive ketones (excluding diaryl/α,β-unsaturated/α-hetero) is 1. The van der Waals surface area contributed by atoms with Gasteiger partial charge in [-0.3, -0.25) is 9.59 Å². The van der Waals surface area contributed by atoms with E-state index in [0.717, 1.165) is 6.08 Å². The maximum absolute atomic E-state index is 11.9. The van der Waals surface area contributed by atoms with Crippen molar-refractivity contribution in [2.75, 3.05) is 19.0 Å². The lowest BCUT2D eigenvalue weighted by Gasteiger charge is -2.11. The van der Waals surface area contributed by atoms with Gasteiger partial charge in [-0.2, -0.15) is 0 Å². The molecule has 0 saturated heterocycles. The highest BCUT2D eigenvalue weighted by Crippen LogP contribution is 2.13. The predicted octanol–water partition coefficient (Wildman–Crippen LogP) is 1.49. The average Bonchev–Trinajstić information content (AvgIpc) is 2.47. The molecule has 0 saturated carbocycles. The molecule has 0 aliphatic carbocycles. The van der Waals surface area contributed by atoms with Gasteiger partial charge in [-0.1, -0.05) is 0 Å². The SMILES string of the molecule is CCNC(=O)/C(=C/C(=O)OC)Nc1ccc(C(C)=O)cc1. The van der Waals surface area contributed by atoms with E-state index in [1.54, 1.807) is 31.2 Å². The van der Waals surface area contributed by atoms with Gasteiger partial charge in [0.15, 0.2) is 5.78 Å². The molecule has 0 radical (unpaired) electrons. The van der Waals surface area contributed by atoms with Crippen molar-refractivity contribution in [3.8, 4) is 0 Å². The number of carbonyl (C=O) groups excluding carboxylic acids is 3. The largest absolute Gasteiger partial charge is 0.466 e. The highest BCUT2D eigenvalue weighted by atomic mass is 16.5. The molecule has 1 rings (SSSR count). The molecule has 0 aliphatic rings. The molecule has 0 bridgehead atoms. The first-order valence-electron chi connectivity index (χ1n) is 6.43. The second kappa shape index (κ2) is 7.84. The lowest BCUT2D eigenvalue weighted by Crippen LogP contribution is -2.28. The number of ether oxygens (including phenoxy) is 1. The minimum atomic E-state index is -0.635. The summed E-state index contributed by atoms with van der Waals surface area (Å²) in [4.78, 5) is 34.4. The normalized spacial score (nSPS) is 10.7. The van der Waals surface area contributed by atoms with Crippen molar-refractivity contribution >= 4 is 23.3 Å². The van der Waals surface area contributed by atoms with Crippen LogP contribution >= 0.6 is 0 Å². The van der Waals surface area contributed by atoms with Crippen molar-refractivity contribution in [1.82, 2.24) is 5.32 Å². The number of hydrogen-bond acceptors (Lipinski definition) is 5. The number of carbonyl (C=O) groups is 3. The summed E-state index contributed by atoms with van der Waals surface area (Å²) in [5.41, 5.74) is 1.22. The summed E-state index contributed by atoms with van der Waals surface area (Å²) in [5, 5.41) is 5.43. The van der Waals surface area contributed by atoms with Gasteiger partial charge in [0.05, 0.1) is 13.2 Å². The molecule has 0 unspecified atom stereocenters. The smallest absolute Gasteiger partial charge is 0.332 e. The van der Waals surface area contributed by atoms with E-state index in [-0.39, 0.29) is 11.5 Å². The van der Waals surface area contributed by atoms with E-state index in [9.17, 15) is 14.4 Å². The highest BCUT2D eigenvalue weighted by molar-refractivity contribution is 6.01. The van der Waals surface area contributed by atoms with E-state index in [0.29, 0.717) is 17.8 Å². The van der Waals surface area contributed by atoms with Crippen LogP contribution in [0, 0.1) is 0 Å². The van der Waals surface area contributed by atoms with Gasteiger partial charge in [0.2, 0.25) is 0 Å². The van der Waals surface area contributed by atoms with E-state index >= 15 is 0 Å². The van der Waals surface area contributed by atoms with Gasteiger partial charge in [-0.05, 0) is 38.1 Å². The number of ketones is 1. The van der Waals surface area contributed by atoms with E-state index in [4.69, 9.17) is 0 Å². The Bertz CT molecular complexity index is 562. The lowest BCUT2D eigenvalue weighted by atomic mass is 10.1. The maximum atomic E-state index is 11.9. The molecule has 2 N–H and O–H groups in total. The van der Waals surface area contributed by atoms with Crippen LogP contribution < -0.4 is 10.6 Å². The van der Waals surface area contributed by atoms with Gasteiger partial charge in [0.1, 0.15) is 5.70 Å². The molecule has 0 aromatic heterocycles. The van der Waals surface area contributed by atoms with Crippen LogP contribution in [0.2, 0.25) is 0 Å². The summed E-state index contributed by atoms with van der Waals surface area (Å²) in [7, 11) is 1.23. The fourth-order valence-corrected chi connectivity index (χ4v) is 1.53. The van der Waals surface area contributed by atoms with Gasteiger partial charge < -0.3 is 15.4 Å². The lowest BCUT2D eigenvalue weighted by molar-refractivity contribution is -0.135. The van der Waals surface area contributed by atoms with E-state index in [1.165, 1.54) is 14.0 Å². The summed E-state index contributed by atoms with van der Waals surface area (Å²) in [6.45, 7) is 3.68. The minimum absolute atomic E-state index is 0.0457. The van der Waals surface area contributed by atoms with Crippen molar-refractivity contribution in [1.29, 1.82) is 0 Å². The number of methoxy groups -OCH3 is 1. The number of anilines is 1. The number of benzene rings is 1. The number of hydrogen-bond donors (Lipinski definition) is 2. The molecule has 112 valence electrons. The number of amides is 1. The van der Waals surface area contributed by atoms with E-state index < -0.39 is 11.9 Å². The second-order valence-corrected chi connectivity index (χ2v) is 4.20. The molecule has 0 atom stereocenters. The van der Waals surface area contributed by atoms with Crippen LogP contribution in [-0.4, -0.2) is 31.3 Å². The molecule has 21 heavy (non-hydrogen) atoms. The molecule has 1 aromatic carbocycles. The zero-order chi connectivity index (χ0) is 15.8. The summed E-state index contributed by atoms with van der Waals surface area (Å²) in [6, 6.07) is 6.58. The fourth-order valence-electron chi connectivity index (χ4n) is 1.53. The summed E-state index contributed by atoms with van der Waals surface area (Å²) >= 11 is 0. The Kier molecular flexibility index (Phi) is 6.13. The Morgan fingerprint density at radius 2 is 1.81 bits per heavy atom. The zero-order valence-corrected chi connectivity index (χ0v) is 12.2. The van der Waals surface area contributed by atoms with Crippen LogP contribution in [0.5, 0.6) is 0 Å². The molecule has 0 aliphatic heterocycles. The molecular formula is C15H18N2O4. The quantitative estimate of drug-likeness (QED) is 0.471. The average molecular weight is 290 g/mol. The zero-order valence-electron chi connectivity index (χ0n) is 12.2. The molecule has 0 heterocycles. The fraction of sp³-hybridized carbons (Fsp3) is 0.267. The third-order valence-corrected chi connectivity index (χ3v) is 2.62. The Morgan fingerprint density at radius 1 is 1.19 bits per heavy atom.